The molecule has 2 rings (SSSR count). The summed E-state index contributed by atoms with van der Waals surface area (Å²) in [6.07, 6.45) is 0. The molecule has 0 unspecified atom stereocenters. The molecule has 2 amide bonds. The van der Waals surface area contributed by atoms with Crippen LogP contribution in [0.3, 0.4) is 0 Å². The minimum Gasteiger partial charge on any atom is -0.497 e. The van der Waals surface area contributed by atoms with Gasteiger partial charge in [-0.15, -0.1) is 0 Å². The van der Waals surface area contributed by atoms with E-state index in [4.69, 9.17) is 9.47 Å². The summed E-state index contributed by atoms with van der Waals surface area (Å²) in [4.78, 5) is 24.7. The Balaban J connectivity index is 2.08. The van der Waals surface area contributed by atoms with Gasteiger partial charge >= 0.3 is 0 Å². The highest BCUT2D eigenvalue weighted by Crippen LogP contribution is 2.22. The first-order valence-electron chi connectivity index (χ1n) is 9.20. The van der Waals surface area contributed by atoms with E-state index in [1.54, 1.807) is 19.9 Å². The van der Waals surface area contributed by atoms with Crippen LogP contribution in [-0.4, -0.2) is 51.8 Å². The molecule has 0 aromatic heterocycles. The number of methoxy groups -OCH3 is 2. The zero-order valence-corrected chi connectivity index (χ0v) is 18.1. The van der Waals surface area contributed by atoms with Crippen molar-refractivity contribution in [3.8, 4) is 11.5 Å². The standard InChI is InChI=1S/C20H25N3O6S/c1-5-23(6-2)30(26,27)18-9-7-14(8-10-18)19(24)21-22-20(25)15-11-16(28-3)13-17(12-15)29-4/h7-13H,5-6H2,1-4H3,(H,21,24)(H,22,25). The lowest BCUT2D eigenvalue weighted by Crippen LogP contribution is -2.41. The largest absolute Gasteiger partial charge is 0.497 e. The maximum atomic E-state index is 12.5. The molecule has 2 aromatic carbocycles. The van der Waals surface area contributed by atoms with Crippen molar-refractivity contribution < 1.29 is 27.5 Å². The summed E-state index contributed by atoms with van der Waals surface area (Å²) in [5.74, 6) is -0.307. The van der Waals surface area contributed by atoms with Gasteiger partial charge in [0.05, 0.1) is 19.1 Å². The molecule has 0 radical (unpaired) electrons. The molecule has 2 N–H and O–H groups in total. The maximum Gasteiger partial charge on any atom is 0.269 e. The Morgan fingerprint density at radius 2 is 1.30 bits per heavy atom. The van der Waals surface area contributed by atoms with Crippen LogP contribution >= 0.6 is 0 Å². The Bertz CT molecular complexity index is 979. The highest BCUT2D eigenvalue weighted by Gasteiger charge is 2.21. The van der Waals surface area contributed by atoms with Crippen LogP contribution in [-0.2, 0) is 10.0 Å². The second-order valence-corrected chi connectivity index (χ2v) is 8.06. The number of ether oxygens (including phenoxy) is 2. The van der Waals surface area contributed by atoms with E-state index in [1.165, 1.54) is 54.9 Å². The van der Waals surface area contributed by atoms with Gasteiger partial charge in [0.25, 0.3) is 11.8 Å². The Kier molecular flexibility index (Phi) is 7.79. The summed E-state index contributed by atoms with van der Waals surface area (Å²) in [6.45, 7) is 4.21. The van der Waals surface area contributed by atoms with Crippen molar-refractivity contribution in [1.29, 1.82) is 0 Å². The number of amides is 2. The number of hydrogen-bond donors (Lipinski definition) is 2. The van der Waals surface area contributed by atoms with Gasteiger partial charge in [0.1, 0.15) is 11.5 Å². The molecule has 0 aliphatic rings. The van der Waals surface area contributed by atoms with Crippen LogP contribution in [0.25, 0.3) is 0 Å². The number of hydrogen-bond acceptors (Lipinski definition) is 6. The van der Waals surface area contributed by atoms with E-state index in [0.717, 1.165) is 0 Å². The van der Waals surface area contributed by atoms with Crippen LogP contribution in [0.2, 0.25) is 0 Å². The van der Waals surface area contributed by atoms with Crippen LogP contribution in [0.5, 0.6) is 11.5 Å². The monoisotopic (exact) mass is 435 g/mol. The molecule has 0 aliphatic heterocycles. The Morgan fingerprint density at radius 3 is 1.73 bits per heavy atom. The molecule has 9 nitrogen and oxygen atoms in total. The predicted molar refractivity (Wildman–Crippen MR) is 111 cm³/mol. The average Bonchev–Trinajstić information content (AvgIpc) is 2.77. The van der Waals surface area contributed by atoms with E-state index in [-0.39, 0.29) is 16.0 Å². The number of hydrazine groups is 1. The van der Waals surface area contributed by atoms with Crippen molar-refractivity contribution in [3.63, 3.8) is 0 Å². The van der Waals surface area contributed by atoms with Crippen LogP contribution in [0.15, 0.2) is 47.4 Å². The first-order valence-corrected chi connectivity index (χ1v) is 10.6. The summed E-state index contributed by atoms with van der Waals surface area (Å²) in [5.41, 5.74) is 5.02. The zero-order chi connectivity index (χ0) is 22.3. The van der Waals surface area contributed by atoms with Crippen molar-refractivity contribution in [3.05, 3.63) is 53.6 Å². The highest BCUT2D eigenvalue weighted by atomic mass is 32.2. The normalized spacial score (nSPS) is 11.1. The van der Waals surface area contributed by atoms with Gasteiger partial charge in [0.15, 0.2) is 0 Å². The molecule has 0 heterocycles. The number of carbonyl (C=O) groups excluding carboxylic acids is 2. The van der Waals surface area contributed by atoms with Gasteiger partial charge in [-0.3, -0.25) is 20.4 Å². The fraction of sp³-hybridized carbons (Fsp3) is 0.300. The van der Waals surface area contributed by atoms with Gasteiger partial charge in [-0.05, 0) is 36.4 Å². The third kappa shape index (κ3) is 5.28. The second kappa shape index (κ2) is 10.1. The van der Waals surface area contributed by atoms with Crippen LogP contribution in [0, 0.1) is 0 Å². The van der Waals surface area contributed by atoms with Gasteiger partial charge < -0.3 is 9.47 Å². The van der Waals surface area contributed by atoms with Crippen LogP contribution < -0.4 is 20.3 Å². The smallest absolute Gasteiger partial charge is 0.269 e. The lowest BCUT2D eigenvalue weighted by molar-refractivity contribution is 0.0846. The SMILES string of the molecule is CCN(CC)S(=O)(=O)c1ccc(C(=O)NNC(=O)c2cc(OC)cc(OC)c2)cc1. The van der Waals surface area contributed by atoms with Crippen molar-refractivity contribution in [1.82, 2.24) is 15.2 Å². The zero-order valence-electron chi connectivity index (χ0n) is 17.3. The topological polar surface area (TPSA) is 114 Å². The van der Waals surface area contributed by atoms with Gasteiger partial charge in [-0.1, -0.05) is 13.8 Å². The molecule has 0 fully saturated rings. The van der Waals surface area contributed by atoms with Gasteiger partial charge in [-0.2, -0.15) is 4.31 Å². The minimum absolute atomic E-state index is 0.0928. The molecular weight excluding hydrogens is 410 g/mol. The molecule has 30 heavy (non-hydrogen) atoms. The van der Waals surface area contributed by atoms with Gasteiger partial charge in [-0.25, -0.2) is 8.42 Å². The summed E-state index contributed by atoms with van der Waals surface area (Å²) in [6, 6.07) is 10.1. The lowest BCUT2D eigenvalue weighted by atomic mass is 10.2. The van der Waals surface area contributed by atoms with E-state index in [9.17, 15) is 18.0 Å². The Labute approximate surface area is 176 Å². The molecular formula is C20H25N3O6S. The summed E-state index contributed by atoms with van der Waals surface area (Å²) in [7, 11) is -0.689. The summed E-state index contributed by atoms with van der Waals surface area (Å²) in [5, 5.41) is 0. The fourth-order valence-electron chi connectivity index (χ4n) is 2.69. The van der Waals surface area contributed by atoms with Crippen LogP contribution in [0.1, 0.15) is 34.6 Å². The van der Waals surface area contributed by atoms with E-state index in [0.29, 0.717) is 24.6 Å². The molecule has 0 aliphatic carbocycles. The molecule has 0 saturated carbocycles. The van der Waals surface area contributed by atoms with Crippen molar-refractivity contribution in [2.24, 2.45) is 0 Å². The first kappa shape index (κ1) is 23.2. The molecule has 10 heteroatoms. The molecule has 0 spiro atoms. The second-order valence-electron chi connectivity index (χ2n) is 6.12. The highest BCUT2D eigenvalue weighted by molar-refractivity contribution is 7.89. The summed E-state index contributed by atoms with van der Waals surface area (Å²) < 4.78 is 36.6. The Morgan fingerprint density at radius 1 is 0.833 bits per heavy atom. The number of nitrogens with zero attached hydrogens (tertiary/aromatic N) is 1. The predicted octanol–water partition coefficient (Wildman–Crippen LogP) is 1.81. The quantitative estimate of drug-likeness (QED) is 0.612. The molecule has 162 valence electrons. The Hall–Kier alpha value is -3.11. The van der Waals surface area contributed by atoms with Crippen molar-refractivity contribution >= 4 is 21.8 Å². The maximum absolute atomic E-state index is 12.5. The minimum atomic E-state index is -3.61. The number of carbonyl (C=O) groups is 2. The third-order valence-corrected chi connectivity index (χ3v) is 6.43. The van der Waals surface area contributed by atoms with Crippen molar-refractivity contribution in [2.45, 2.75) is 18.7 Å². The van der Waals surface area contributed by atoms with E-state index >= 15 is 0 Å². The first-order chi connectivity index (χ1) is 14.3. The van der Waals surface area contributed by atoms with E-state index in [1.807, 2.05) is 0 Å². The molecule has 0 bridgehead atoms. The van der Waals surface area contributed by atoms with Crippen LogP contribution in [0.4, 0.5) is 0 Å². The molecule has 0 atom stereocenters. The van der Waals surface area contributed by atoms with E-state index in [2.05, 4.69) is 10.9 Å². The van der Waals surface area contributed by atoms with E-state index < -0.39 is 21.8 Å². The fourth-order valence-corrected chi connectivity index (χ4v) is 4.15. The lowest BCUT2D eigenvalue weighted by Gasteiger charge is -2.18. The van der Waals surface area contributed by atoms with Gasteiger partial charge in [0, 0.05) is 30.3 Å². The number of sulfonamides is 1. The number of nitrogens with one attached hydrogen (secondary N) is 2. The number of benzene rings is 2. The molecule has 0 saturated heterocycles. The summed E-state index contributed by atoms with van der Waals surface area (Å²) >= 11 is 0. The third-order valence-electron chi connectivity index (χ3n) is 4.36. The number of rotatable bonds is 8. The van der Waals surface area contributed by atoms with Crippen molar-refractivity contribution in [2.75, 3.05) is 27.3 Å². The average molecular weight is 436 g/mol. The molecule has 2 aromatic rings. The van der Waals surface area contributed by atoms with Gasteiger partial charge in [0.2, 0.25) is 10.0 Å².